The lowest BCUT2D eigenvalue weighted by Gasteiger charge is -2.13. The quantitative estimate of drug-likeness (QED) is 0.111. The second-order valence-electron chi connectivity index (χ2n) is 9.29. The first-order chi connectivity index (χ1) is 20.5. The summed E-state index contributed by atoms with van der Waals surface area (Å²) in [5.74, 6) is 0.733. The first-order valence-corrected chi connectivity index (χ1v) is 13.2. The number of aromatic nitrogens is 2. The van der Waals surface area contributed by atoms with E-state index in [1.807, 2.05) is 54.6 Å². The Morgan fingerprint density at radius 1 is 0.976 bits per heavy atom. The number of para-hydroxylation sites is 2. The van der Waals surface area contributed by atoms with E-state index >= 15 is 0 Å². The summed E-state index contributed by atoms with van der Waals surface area (Å²) in [5, 5.41) is 17.7. The van der Waals surface area contributed by atoms with Crippen LogP contribution in [0.2, 0.25) is 0 Å². The lowest BCUT2D eigenvalue weighted by Crippen LogP contribution is -2.20. The molecule has 42 heavy (non-hydrogen) atoms. The molecule has 0 spiro atoms. The minimum absolute atomic E-state index is 0.00959. The summed E-state index contributed by atoms with van der Waals surface area (Å²) in [4.78, 5) is 29.8. The zero-order valence-corrected chi connectivity index (χ0v) is 22.5. The average Bonchev–Trinajstić information content (AvgIpc) is 3.45. The summed E-state index contributed by atoms with van der Waals surface area (Å²) in [7, 11) is 0. The van der Waals surface area contributed by atoms with Gasteiger partial charge in [-0.3, -0.25) is 14.9 Å². The van der Waals surface area contributed by atoms with E-state index in [1.165, 1.54) is 12.3 Å². The maximum Gasteiger partial charge on any atom is 0.315 e. The number of benzene rings is 4. The number of hydrogen-bond donors (Lipinski definition) is 0. The number of ether oxygens (including phenoxy) is 2. The van der Waals surface area contributed by atoms with E-state index in [1.54, 1.807) is 43.3 Å². The predicted molar refractivity (Wildman–Crippen MR) is 159 cm³/mol. The molecule has 10 nitrogen and oxygen atoms in total. The summed E-state index contributed by atoms with van der Waals surface area (Å²) < 4.78 is 18.7. The standard InChI is InChI=1S/C32H24N4O6/c1-2-40-28-17-22(16-26(36(38)39)30(28)41-20-21-10-4-3-5-11-21)19-33-35-31(29-18-23-12-6-9-15-27(23)42-29)34-25-14-8-7-13-24(25)32(35)37/h3-19H,2,20H2,1H3. The number of nitro benzene ring substituents is 1. The molecule has 0 radical (unpaired) electrons. The van der Waals surface area contributed by atoms with Gasteiger partial charge >= 0.3 is 5.69 Å². The summed E-state index contributed by atoms with van der Waals surface area (Å²) >= 11 is 0. The van der Waals surface area contributed by atoms with Crippen LogP contribution in [0.3, 0.4) is 0 Å². The van der Waals surface area contributed by atoms with Crippen LogP contribution in [0, 0.1) is 10.1 Å². The molecule has 0 fully saturated rings. The highest BCUT2D eigenvalue weighted by molar-refractivity contribution is 5.86. The first-order valence-electron chi connectivity index (χ1n) is 13.2. The Morgan fingerprint density at radius 3 is 2.52 bits per heavy atom. The maximum absolute atomic E-state index is 13.6. The van der Waals surface area contributed by atoms with Crippen LogP contribution in [0.25, 0.3) is 33.5 Å². The zero-order chi connectivity index (χ0) is 29.1. The molecule has 0 N–H and O–H groups in total. The van der Waals surface area contributed by atoms with Crippen molar-refractivity contribution in [3.8, 4) is 23.1 Å². The van der Waals surface area contributed by atoms with Gasteiger partial charge in [-0.2, -0.15) is 9.78 Å². The molecule has 0 unspecified atom stereocenters. The third kappa shape index (κ3) is 5.20. The van der Waals surface area contributed by atoms with Gasteiger partial charge in [0.2, 0.25) is 11.6 Å². The molecular formula is C32H24N4O6. The van der Waals surface area contributed by atoms with Crippen LogP contribution in [-0.4, -0.2) is 27.4 Å². The third-order valence-electron chi connectivity index (χ3n) is 6.50. The van der Waals surface area contributed by atoms with Crippen LogP contribution >= 0.6 is 0 Å². The van der Waals surface area contributed by atoms with Crippen LogP contribution < -0.4 is 15.0 Å². The SMILES string of the molecule is CCOc1cc(C=Nn2c(-c3cc4ccccc4o3)nc3ccccc3c2=O)cc([N+](=O)[O-])c1OCc1ccccc1. The van der Waals surface area contributed by atoms with E-state index in [4.69, 9.17) is 13.9 Å². The Bertz CT molecular complexity index is 1980. The summed E-state index contributed by atoms with van der Waals surface area (Å²) in [6, 6.07) is 28.4. The zero-order valence-electron chi connectivity index (χ0n) is 22.5. The highest BCUT2D eigenvalue weighted by atomic mass is 16.6. The molecule has 6 rings (SSSR count). The Hall–Kier alpha value is -5.77. The molecule has 6 aromatic rings. The molecule has 4 aromatic carbocycles. The van der Waals surface area contributed by atoms with Gasteiger partial charge in [0.15, 0.2) is 11.5 Å². The van der Waals surface area contributed by atoms with Gasteiger partial charge < -0.3 is 13.9 Å². The van der Waals surface area contributed by atoms with Gasteiger partial charge in [0.25, 0.3) is 5.56 Å². The molecule has 0 saturated carbocycles. The van der Waals surface area contributed by atoms with E-state index in [2.05, 4.69) is 10.1 Å². The Balaban J connectivity index is 1.45. The van der Waals surface area contributed by atoms with Crippen molar-refractivity contribution in [2.24, 2.45) is 5.10 Å². The van der Waals surface area contributed by atoms with Crippen LogP contribution in [0.1, 0.15) is 18.1 Å². The molecule has 0 amide bonds. The van der Waals surface area contributed by atoms with Crippen molar-refractivity contribution in [2.75, 3.05) is 6.61 Å². The van der Waals surface area contributed by atoms with Crippen molar-refractivity contribution in [1.82, 2.24) is 9.66 Å². The molecule has 2 aromatic heterocycles. The van der Waals surface area contributed by atoms with Gasteiger partial charge in [-0.05, 0) is 42.8 Å². The molecule has 0 atom stereocenters. The Morgan fingerprint density at radius 2 is 1.74 bits per heavy atom. The summed E-state index contributed by atoms with van der Waals surface area (Å²) in [6.45, 7) is 2.14. The van der Waals surface area contributed by atoms with Crippen LogP contribution in [0.4, 0.5) is 5.69 Å². The third-order valence-corrected chi connectivity index (χ3v) is 6.50. The number of furan rings is 1. The number of hydrogen-bond acceptors (Lipinski definition) is 8. The summed E-state index contributed by atoms with van der Waals surface area (Å²) in [6.07, 6.45) is 1.35. The van der Waals surface area contributed by atoms with Gasteiger partial charge in [-0.25, -0.2) is 4.98 Å². The lowest BCUT2D eigenvalue weighted by atomic mass is 10.1. The normalized spacial score (nSPS) is 11.4. The number of nitrogens with zero attached hydrogens (tertiary/aromatic N) is 4. The fraction of sp³-hybridized carbons (Fsp3) is 0.0938. The van der Waals surface area contributed by atoms with E-state index in [9.17, 15) is 14.9 Å². The fourth-order valence-corrected chi connectivity index (χ4v) is 4.56. The Labute approximate surface area is 239 Å². The molecule has 0 aliphatic carbocycles. The van der Waals surface area contributed by atoms with Crippen molar-refractivity contribution >= 4 is 33.8 Å². The van der Waals surface area contributed by atoms with Crippen LogP contribution in [0.15, 0.2) is 111 Å². The van der Waals surface area contributed by atoms with Crippen LogP contribution in [-0.2, 0) is 6.61 Å². The van der Waals surface area contributed by atoms with Crippen LogP contribution in [0.5, 0.6) is 11.5 Å². The Kier molecular flexibility index (Phi) is 7.17. The lowest BCUT2D eigenvalue weighted by molar-refractivity contribution is -0.386. The first kappa shape index (κ1) is 26.5. The minimum atomic E-state index is -0.538. The monoisotopic (exact) mass is 560 g/mol. The molecule has 208 valence electrons. The predicted octanol–water partition coefficient (Wildman–Crippen LogP) is 6.58. The van der Waals surface area contributed by atoms with E-state index < -0.39 is 10.5 Å². The molecular weight excluding hydrogens is 536 g/mol. The highest BCUT2D eigenvalue weighted by Crippen LogP contribution is 2.39. The van der Waals surface area contributed by atoms with Gasteiger partial charge in [0, 0.05) is 17.0 Å². The van der Waals surface area contributed by atoms with Gasteiger partial charge in [0.05, 0.1) is 28.6 Å². The van der Waals surface area contributed by atoms with Crippen molar-refractivity contribution in [3.63, 3.8) is 0 Å². The number of fused-ring (bicyclic) bond motifs is 2. The highest BCUT2D eigenvalue weighted by Gasteiger charge is 2.23. The number of rotatable bonds is 9. The maximum atomic E-state index is 13.6. The van der Waals surface area contributed by atoms with Crippen molar-refractivity contribution in [1.29, 1.82) is 0 Å². The summed E-state index contributed by atoms with van der Waals surface area (Å²) in [5.41, 5.74) is 1.58. The van der Waals surface area contributed by atoms with E-state index in [-0.39, 0.29) is 36.2 Å². The second kappa shape index (κ2) is 11.4. The van der Waals surface area contributed by atoms with Crippen molar-refractivity contribution in [2.45, 2.75) is 13.5 Å². The van der Waals surface area contributed by atoms with Crippen molar-refractivity contribution < 1.29 is 18.8 Å². The molecule has 0 bridgehead atoms. The molecule has 10 heteroatoms. The average molecular weight is 561 g/mol. The molecule has 0 aliphatic rings. The second-order valence-corrected chi connectivity index (χ2v) is 9.29. The topological polar surface area (TPSA) is 122 Å². The van der Waals surface area contributed by atoms with E-state index in [0.717, 1.165) is 15.6 Å². The molecule has 0 aliphatic heterocycles. The van der Waals surface area contributed by atoms with Crippen molar-refractivity contribution in [3.05, 3.63) is 129 Å². The van der Waals surface area contributed by atoms with Gasteiger partial charge in [0.1, 0.15) is 12.2 Å². The fourth-order valence-electron chi connectivity index (χ4n) is 4.56. The molecule has 0 saturated heterocycles. The number of nitro groups is 1. The largest absolute Gasteiger partial charge is 0.490 e. The van der Waals surface area contributed by atoms with Gasteiger partial charge in [-0.15, -0.1) is 0 Å². The van der Waals surface area contributed by atoms with E-state index in [0.29, 0.717) is 27.8 Å². The smallest absolute Gasteiger partial charge is 0.315 e. The minimum Gasteiger partial charge on any atom is -0.490 e. The van der Waals surface area contributed by atoms with Gasteiger partial charge in [-0.1, -0.05) is 60.7 Å². The molecule has 2 heterocycles.